The Bertz CT molecular complexity index is 308. The smallest absolute Gasteiger partial charge is 0.343 e. The van der Waals surface area contributed by atoms with Gasteiger partial charge in [-0.3, -0.25) is 4.79 Å². The predicted molar refractivity (Wildman–Crippen MR) is 70.6 cm³/mol. The molecule has 16 heavy (non-hydrogen) atoms. The molecule has 0 rings (SSSR count). The molecular weight excluding hydrogens is 244 g/mol. The van der Waals surface area contributed by atoms with Crippen molar-refractivity contribution in [3.63, 3.8) is 0 Å². The molecule has 0 aliphatic heterocycles. The number of carbonyl (C=O) groups excluding carboxylic acids is 2. The monoisotopic (exact) mass is 262 g/mol. The number of thioether (sulfide) groups is 2. The van der Waals surface area contributed by atoms with E-state index in [4.69, 9.17) is 4.74 Å². The highest BCUT2D eigenvalue weighted by molar-refractivity contribution is 8.21. The van der Waals surface area contributed by atoms with E-state index in [0.717, 1.165) is 0 Å². The second-order valence-corrected chi connectivity index (χ2v) is 6.02. The number of hydrogen-bond acceptors (Lipinski definition) is 5. The van der Waals surface area contributed by atoms with Crippen LogP contribution >= 0.6 is 23.5 Å². The predicted octanol–water partition coefficient (Wildman–Crippen LogP) is 2.85. The van der Waals surface area contributed by atoms with Crippen molar-refractivity contribution in [2.75, 3.05) is 12.5 Å². The lowest BCUT2D eigenvalue weighted by Gasteiger charge is -2.20. The topological polar surface area (TPSA) is 43.4 Å². The molecule has 0 aliphatic rings. The minimum atomic E-state index is -0.584. The molecule has 0 amide bonds. The molecule has 0 aromatic carbocycles. The number of esters is 1. The maximum absolute atomic E-state index is 11.8. The molecule has 0 unspecified atom stereocenters. The zero-order chi connectivity index (χ0) is 12.9. The summed E-state index contributed by atoms with van der Waals surface area (Å²) in [7, 11) is 0. The third-order valence-corrected chi connectivity index (χ3v) is 3.68. The van der Waals surface area contributed by atoms with E-state index in [9.17, 15) is 9.59 Å². The van der Waals surface area contributed by atoms with Gasteiger partial charge in [0.2, 0.25) is 0 Å². The molecular formula is C11H18O3S2. The summed E-state index contributed by atoms with van der Waals surface area (Å²) < 4.78 is 5.90. The minimum absolute atomic E-state index is 0.148. The average Bonchev–Trinajstić information content (AvgIpc) is 2.09. The summed E-state index contributed by atoms with van der Waals surface area (Å²) in [5.74, 6) is -0.799. The molecule has 0 aromatic heterocycles. The summed E-state index contributed by atoms with van der Waals surface area (Å²) >= 11 is 2.76. The van der Waals surface area contributed by atoms with Crippen molar-refractivity contribution in [3.8, 4) is 0 Å². The Labute approximate surface area is 105 Å². The van der Waals surface area contributed by atoms with Crippen LogP contribution in [0.25, 0.3) is 0 Å². The van der Waals surface area contributed by atoms with E-state index in [0.29, 0.717) is 4.24 Å². The summed E-state index contributed by atoms with van der Waals surface area (Å²) in [6.07, 6.45) is 3.66. The first-order valence-corrected chi connectivity index (χ1v) is 7.24. The Morgan fingerprint density at radius 1 is 1.06 bits per heavy atom. The van der Waals surface area contributed by atoms with E-state index in [2.05, 4.69) is 0 Å². The van der Waals surface area contributed by atoms with Crippen molar-refractivity contribution in [1.29, 1.82) is 0 Å². The van der Waals surface area contributed by atoms with E-state index in [1.807, 2.05) is 12.5 Å². The Hall–Kier alpha value is -0.420. The minimum Gasteiger partial charge on any atom is -0.456 e. The maximum atomic E-state index is 11.8. The van der Waals surface area contributed by atoms with E-state index in [1.165, 1.54) is 30.4 Å². The lowest BCUT2D eigenvalue weighted by Crippen LogP contribution is -2.27. The van der Waals surface area contributed by atoms with Gasteiger partial charge in [-0.05, 0) is 40.2 Å². The van der Waals surface area contributed by atoms with Crippen LogP contribution < -0.4 is 0 Å². The van der Waals surface area contributed by atoms with Crippen molar-refractivity contribution >= 4 is 35.3 Å². The average molecular weight is 262 g/mol. The van der Waals surface area contributed by atoms with Crippen LogP contribution in [-0.4, -0.2) is 29.9 Å². The summed E-state index contributed by atoms with van der Waals surface area (Å²) in [5, 5.41) is 0. The van der Waals surface area contributed by atoms with Crippen LogP contribution in [0.15, 0.2) is 9.81 Å². The van der Waals surface area contributed by atoms with Gasteiger partial charge in [0.05, 0.1) is 4.24 Å². The number of carbonyl (C=O) groups is 2. The van der Waals surface area contributed by atoms with Gasteiger partial charge in [-0.1, -0.05) is 0 Å². The fraction of sp³-hybridized carbons (Fsp3) is 0.636. The molecule has 0 aromatic rings. The van der Waals surface area contributed by atoms with Gasteiger partial charge in [0.1, 0.15) is 11.2 Å². The molecule has 0 radical (unpaired) electrons. The first-order chi connectivity index (χ1) is 7.22. The van der Waals surface area contributed by atoms with Gasteiger partial charge in [0.15, 0.2) is 5.78 Å². The molecule has 0 fully saturated rings. The number of hydrogen-bond donors (Lipinski definition) is 0. The molecule has 0 aliphatic carbocycles. The second kappa shape index (κ2) is 6.35. The van der Waals surface area contributed by atoms with Gasteiger partial charge >= 0.3 is 5.97 Å². The van der Waals surface area contributed by atoms with Crippen molar-refractivity contribution in [2.24, 2.45) is 0 Å². The van der Waals surface area contributed by atoms with Crippen LogP contribution in [0.2, 0.25) is 0 Å². The Balaban J connectivity index is 5.17. The number of ether oxygens (including phenoxy) is 1. The highest BCUT2D eigenvalue weighted by Crippen LogP contribution is 2.29. The highest BCUT2D eigenvalue weighted by atomic mass is 32.2. The third-order valence-electron chi connectivity index (χ3n) is 1.53. The van der Waals surface area contributed by atoms with Crippen LogP contribution in [0.1, 0.15) is 27.7 Å². The molecule has 3 nitrogen and oxygen atoms in total. The Kier molecular flexibility index (Phi) is 6.18. The largest absolute Gasteiger partial charge is 0.456 e. The van der Waals surface area contributed by atoms with Gasteiger partial charge in [-0.2, -0.15) is 0 Å². The number of Topliss-reactive ketones (excluding diaryl/α,β-unsaturated/α-hetero) is 1. The molecule has 0 bridgehead atoms. The van der Waals surface area contributed by atoms with E-state index >= 15 is 0 Å². The quantitative estimate of drug-likeness (QED) is 0.337. The molecule has 0 N–H and O–H groups in total. The van der Waals surface area contributed by atoms with Gasteiger partial charge in [0.25, 0.3) is 0 Å². The number of rotatable bonds is 4. The van der Waals surface area contributed by atoms with E-state index in [-0.39, 0.29) is 11.4 Å². The standard InChI is InChI=1S/C11H18O3S2/c1-7(12)8(10(15-5)16-6)9(13)14-11(2,3)4/h1-6H3. The van der Waals surface area contributed by atoms with Crippen LogP contribution in [0.5, 0.6) is 0 Å². The lowest BCUT2D eigenvalue weighted by molar-refractivity contribution is -0.150. The summed E-state index contributed by atoms with van der Waals surface area (Å²) in [6, 6.07) is 0. The number of ketones is 1. The summed E-state index contributed by atoms with van der Waals surface area (Å²) in [6.45, 7) is 6.72. The van der Waals surface area contributed by atoms with Gasteiger partial charge in [-0.15, -0.1) is 23.5 Å². The summed E-state index contributed by atoms with van der Waals surface area (Å²) in [4.78, 5) is 23.3. The zero-order valence-electron chi connectivity index (χ0n) is 10.5. The molecule has 92 valence electrons. The Morgan fingerprint density at radius 2 is 1.50 bits per heavy atom. The van der Waals surface area contributed by atoms with Crippen LogP contribution in [0.4, 0.5) is 0 Å². The van der Waals surface area contributed by atoms with E-state index in [1.54, 1.807) is 20.8 Å². The molecule has 0 saturated heterocycles. The fourth-order valence-electron chi connectivity index (χ4n) is 0.987. The zero-order valence-corrected chi connectivity index (χ0v) is 12.2. The second-order valence-electron chi connectivity index (χ2n) is 4.13. The van der Waals surface area contributed by atoms with Crippen LogP contribution in [0, 0.1) is 0 Å². The SMILES string of the molecule is CSC(SC)=C(C(C)=O)C(=O)OC(C)(C)C. The van der Waals surface area contributed by atoms with Gasteiger partial charge in [0, 0.05) is 0 Å². The Morgan fingerprint density at radius 3 is 1.75 bits per heavy atom. The molecule has 5 heteroatoms. The van der Waals surface area contributed by atoms with Crippen molar-refractivity contribution in [2.45, 2.75) is 33.3 Å². The fourth-order valence-corrected chi connectivity index (χ4v) is 2.52. The lowest BCUT2D eigenvalue weighted by atomic mass is 10.1. The van der Waals surface area contributed by atoms with Crippen molar-refractivity contribution < 1.29 is 14.3 Å². The van der Waals surface area contributed by atoms with Crippen molar-refractivity contribution in [3.05, 3.63) is 9.81 Å². The normalized spacial score (nSPS) is 10.9. The van der Waals surface area contributed by atoms with Crippen LogP contribution in [-0.2, 0) is 14.3 Å². The van der Waals surface area contributed by atoms with Crippen molar-refractivity contribution in [1.82, 2.24) is 0 Å². The third kappa shape index (κ3) is 5.07. The summed E-state index contributed by atoms with van der Waals surface area (Å²) in [5.41, 5.74) is -0.436. The molecule has 0 atom stereocenters. The first-order valence-electron chi connectivity index (χ1n) is 4.79. The van der Waals surface area contributed by atoms with Gasteiger partial charge in [-0.25, -0.2) is 4.79 Å². The van der Waals surface area contributed by atoms with Crippen LogP contribution in [0.3, 0.4) is 0 Å². The highest BCUT2D eigenvalue weighted by Gasteiger charge is 2.25. The molecule has 0 saturated carbocycles. The first kappa shape index (κ1) is 15.6. The van der Waals surface area contributed by atoms with Gasteiger partial charge < -0.3 is 4.74 Å². The molecule has 0 heterocycles. The maximum Gasteiger partial charge on any atom is 0.343 e. The van der Waals surface area contributed by atoms with E-state index < -0.39 is 11.6 Å². The molecule has 0 spiro atoms.